The fraction of sp³-hybridized carbons (Fsp3) is 0.455. The van der Waals surface area contributed by atoms with Crippen LogP contribution in [0.3, 0.4) is 0 Å². The molecule has 1 aromatic rings. The summed E-state index contributed by atoms with van der Waals surface area (Å²) in [6.45, 7) is 2.30. The number of hydrogen-bond donors (Lipinski definition) is 3. The molecular weight excluding hydrogens is 252 g/mol. The molecule has 0 spiro atoms. The van der Waals surface area contributed by atoms with E-state index in [2.05, 4.69) is 15.7 Å². The van der Waals surface area contributed by atoms with Crippen molar-refractivity contribution in [3.05, 3.63) is 23.5 Å². The summed E-state index contributed by atoms with van der Waals surface area (Å²) in [4.78, 5) is 15.9. The Hall–Kier alpha value is -1.47. The number of rotatable bonds is 6. The second-order valence-electron chi connectivity index (χ2n) is 3.90. The van der Waals surface area contributed by atoms with Crippen LogP contribution in [0.1, 0.15) is 22.5 Å². The van der Waals surface area contributed by atoms with E-state index in [4.69, 9.17) is 5.84 Å². The highest BCUT2D eigenvalue weighted by Gasteiger charge is 2.11. The molecule has 0 aromatic carbocycles. The summed E-state index contributed by atoms with van der Waals surface area (Å²) in [6, 6.07) is 1.70. The van der Waals surface area contributed by atoms with E-state index in [0.717, 1.165) is 5.69 Å². The van der Waals surface area contributed by atoms with Crippen LogP contribution in [0.25, 0.3) is 0 Å². The number of hydrazine groups is 1. The van der Waals surface area contributed by atoms with E-state index in [-0.39, 0.29) is 5.91 Å². The minimum atomic E-state index is -0.830. The van der Waals surface area contributed by atoms with Gasteiger partial charge < -0.3 is 10.7 Å². The van der Waals surface area contributed by atoms with Crippen LogP contribution >= 0.6 is 0 Å². The topological polar surface area (TPSA) is 97.1 Å². The van der Waals surface area contributed by atoms with Gasteiger partial charge in [-0.05, 0) is 19.4 Å². The molecule has 0 fully saturated rings. The van der Waals surface area contributed by atoms with Gasteiger partial charge in [-0.25, -0.2) is 0 Å². The maximum Gasteiger partial charge on any atom is 0.255 e. The minimum Gasteiger partial charge on any atom is -0.352 e. The van der Waals surface area contributed by atoms with Crippen LogP contribution in [-0.2, 0) is 10.8 Å². The zero-order valence-corrected chi connectivity index (χ0v) is 11.3. The lowest BCUT2D eigenvalue weighted by Crippen LogP contribution is -2.27. The summed E-state index contributed by atoms with van der Waals surface area (Å²) >= 11 is 0. The fourth-order valence-corrected chi connectivity index (χ4v) is 1.98. The number of nitrogens with one attached hydrogen (secondary N) is 2. The second kappa shape index (κ2) is 7.07. The number of aryl methyl sites for hydroxylation is 1. The molecule has 0 saturated carbocycles. The molecule has 0 radical (unpaired) electrons. The molecule has 0 bridgehead atoms. The number of carbonyl (C=O) groups is 1. The molecule has 7 heteroatoms. The zero-order chi connectivity index (χ0) is 13.5. The number of anilines is 1. The molecular formula is C11H18N4O2S. The van der Waals surface area contributed by atoms with Gasteiger partial charge in [-0.1, -0.05) is 0 Å². The predicted molar refractivity (Wildman–Crippen MR) is 72.7 cm³/mol. The van der Waals surface area contributed by atoms with Crippen molar-refractivity contribution in [2.45, 2.75) is 13.3 Å². The third-order valence-electron chi connectivity index (χ3n) is 2.33. The van der Waals surface area contributed by atoms with Crippen LogP contribution in [0.5, 0.6) is 0 Å². The van der Waals surface area contributed by atoms with Crippen LogP contribution in [0.15, 0.2) is 12.3 Å². The lowest BCUT2D eigenvalue weighted by molar-refractivity contribution is 0.0954. The lowest BCUT2D eigenvalue weighted by Gasteiger charge is -2.09. The maximum absolute atomic E-state index is 11.9. The van der Waals surface area contributed by atoms with Crippen LogP contribution in [0.2, 0.25) is 0 Å². The molecule has 1 rings (SSSR count). The van der Waals surface area contributed by atoms with E-state index >= 15 is 0 Å². The van der Waals surface area contributed by atoms with E-state index in [9.17, 15) is 9.00 Å². The van der Waals surface area contributed by atoms with Gasteiger partial charge in [-0.2, -0.15) is 0 Å². The Labute approximate surface area is 109 Å². The van der Waals surface area contributed by atoms with Gasteiger partial charge in [0.2, 0.25) is 0 Å². The first-order chi connectivity index (χ1) is 8.54. The van der Waals surface area contributed by atoms with E-state index in [1.165, 1.54) is 6.20 Å². The zero-order valence-electron chi connectivity index (χ0n) is 10.5. The highest BCUT2D eigenvalue weighted by atomic mass is 32.2. The van der Waals surface area contributed by atoms with E-state index in [0.29, 0.717) is 30.0 Å². The fourth-order valence-electron chi connectivity index (χ4n) is 1.43. The van der Waals surface area contributed by atoms with Crippen molar-refractivity contribution in [3.63, 3.8) is 0 Å². The molecule has 1 aromatic heterocycles. The van der Waals surface area contributed by atoms with Crippen LogP contribution in [0, 0.1) is 6.92 Å². The van der Waals surface area contributed by atoms with E-state index in [1.807, 2.05) is 6.92 Å². The van der Waals surface area contributed by atoms with Crippen molar-refractivity contribution in [1.82, 2.24) is 10.3 Å². The van der Waals surface area contributed by atoms with Crippen LogP contribution < -0.4 is 16.6 Å². The monoisotopic (exact) mass is 270 g/mol. The molecule has 0 aliphatic rings. The molecule has 0 saturated heterocycles. The highest BCUT2D eigenvalue weighted by Crippen LogP contribution is 2.13. The van der Waals surface area contributed by atoms with Crippen molar-refractivity contribution in [2.24, 2.45) is 5.84 Å². The van der Waals surface area contributed by atoms with E-state index < -0.39 is 10.8 Å². The Morgan fingerprint density at radius 2 is 2.28 bits per heavy atom. The molecule has 1 unspecified atom stereocenters. The Kier molecular flexibility index (Phi) is 5.73. The summed E-state index contributed by atoms with van der Waals surface area (Å²) in [5, 5.41) is 2.74. The summed E-state index contributed by atoms with van der Waals surface area (Å²) < 4.78 is 10.9. The number of amides is 1. The number of nitrogen functional groups attached to an aromatic ring is 1. The van der Waals surface area contributed by atoms with Crippen molar-refractivity contribution in [1.29, 1.82) is 0 Å². The Balaban J connectivity index is 2.58. The van der Waals surface area contributed by atoms with Gasteiger partial charge in [-0.15, -0.1) is 0 Å². The normalized spacial score (nSPS) is 11.9. The van der Waals surface area contributed by atoms with Gasteiger partial charge in [0.15, 0.2) is 0 Å². The average molecular weight is 270 g/mol. The number of aromatic nitrogens is 1. The number of hydrogen-bond acceptors (Lipinski definition) is 5. The quantitative estimate of drug-likeness (QED) is 0.389. The summed E-state index contributed by atoms with van der Waals surface area (Å²) in [6.07, 6.45) is 3.81. The van der Waals surface area contributed by atoms with Gasteiger partial charge in [0.25, 0.3) is 5.91 Å². The molecule has 100 valence electrons. The Morgan fingerprint density at radius 3 is 2.89 bits per heavy atom. The second-order valence-corrected chi connectivity index (χ2v) is 5.46. The standard InChI is InChI=1S/C11H18N4O2S/c1-8-6-10(15-12)9(7-14-8)11(16)13-4-3-5-18(2)17/h6-7H,3-5,12H2,1-2H3,(H,13,16)(H,14,15). The SMILES string of the molecule is Cc1cc(NN)c(C(=O)NCCCS(C)=O)cn1. The predicted octanol–water partition coefficient (Wildman–Crippen LogP) is 0.174. The van der Waals surface area contributed by atoms with Gasteiger partial charge in [0.05, 0.1) is 11.3 Å². The Morgan fingerprint density at radius 1 is 1.56 bits per heavy atom. The average Bonchev–Trinajstić information content (AvgIpc) is 2.33. The van der Waals surface area contributed by atoms with Crippen molar-refractivity contribution >= 4 is 22.4 Å². The molecule has 1 amide bonds. The summed E-state index contributed by atoms with van der Waals surface area (Å²) in [5.74, 6) is 5.69. The molecule has 0 aliphatic carbocycles. The maximum atomic E-state index is 11.9. The first-order valence-corrected chi connectivity index (χ1v) is 7.28. The van der Waals surface area contributed by atoms with Crippen molar-refractivity contribution in [2.75, 3.05) is 24.0 Å². The largest absolute Gasteiger partial charge is 0.352 e. The van der Waals surface area contributed by atoms with Crippen molar-refractivity contribution in [3.8, 4) is 0 Å². The number of pyridine rings is 1. The molecule has 18 heavy (non-hydrogen) atoms. The molecule has 4 N–H and O–H groups in total. The van der Waals surface area contributed by atoms with Gasteiger partial charge in [-0.3, -0.25) is 19.8 Å². The smallest absolute Gasteiger partial charge is 0.255 e. The number of nitrogens with two attached hydrogens (primary N) is 1. The number of carbonyl (C=O) groups excluding carboxylic acids is 1. The van der Waals surface area contributed by atoms with Gasteiger partial charge in [0.1, 0.15) is 0 Å². The lowest BCUT2D eigenvalue weighted by atomic mass is 10.2. The molecule has 1 atom stereocenters. The van der Waals surface area contributed by atoms with Gasteiger partial charge >= 0.3 is 0 Å². The third kappa shape index (κ3) is 4.42. The first-order valence-electron chi connectivity index (χ1n) is 5.56. The highest BCUT2D eigenvalue weighted by molar-refractivity contribution is 7.84. The third-order valence-corrected chi connectivity index (χ3v) is 3.20. The van der Waals surface area contributed by atoms with Crippen LogP contribution in [-0.4, -0.2) is 33.7 Å². The first kappa shape index (κ1) is 14.6. The number of nitrogens with zero attached hydrogens (tertiary/aromatic N) is 1. The van der Waals surface area contributed by atoms with Crippen LogP contribution in [0.4, 0.5) is 5.69 Å². The van der Waals surface area contributed by atoms with E-state index in [1.54, 1.807) is 12.3 Å². The molecule has 1 heterocycles. The summed E-state index contributed by atoms with van der Waals surface area (Å²) in [7, 11) is -0.830. The summed E-state index contributed by atoms with van der Waals surface area (Å²) in [5.41, 5.74) is 4.20. The van der Waals surface area contributed by atoms with Gasteiger partial charge in [0, 0.05) is 41.2 Å². The Bertz CT molecular complexity index is 451. The molecule has 0 aliphatic heterocycles. The molecule has 6 nitrogen and oxygen atoms in total. The van der Waals surface area contributed by atoms with Crippen molar-refractivity contribution < 1.29 is 9.00 Å². The minimum absolute atomic E-state index is 0.239.